The molecule has 1 N–H and O–H groups in total. The van der Waals surface area contributed by atoms with Gasteiger partial charge in [0.1, 0.15) is 5.52 Å². The second-order valence-corrected chi connectivity index (χ2v) is 4.90. The van der Waals surface area contributed by atoms with Crippen molar-refractivity contribution in [2.75, 3.05) is 23.9 Å². The molecule has 0 bridgehead atoms. The van der Waals surface area contributed by atoms with Crippen molar-refractivity contribution in [3.8, 4) is 0 Å². The predicted molar refractivity (Wildman–Crippen MR) is 74.9 cm³/mol. The van der Waals surface area contributed by atoms with Gasteiger partial charge in [-0.25, -0.2) is 4.98 Å². The summed E-state index contributed by atoms with van der Waals surface area (Å²) in [5.41, 5.74) is 2.93. The van der Waals surface area contributed by atoms with Crippen molar-refractivity contribution in [1.29, 1.82) is 0 Å². The Morgan fingerprint density at radius 3 is 3.06 bits per heavy atom. The standard InChI is InChI=1S/C13H18N2OS/c1-3-13-15-11-9-10(5-6-12(11)16-13)14-7-4-8-17-2/h5-6,9,14H,3-4,7-8H2,1-2H3. The van der Waals surface area contributed by atoms with Crippen LogP contribution < -0.4 is 5.32 Å². The number of hydrogen-bond acceptors (Lipinski definition) is 4. The summed E-state index contributed by atoms with van der Waals surface area (Å²) in [6, 6.07) is 6.08. The third kappa shape index (κ3) is 3.16. The first-order valence-electron chi connectivity index (χ1n) is 5.95. The maximum Gasteiger partial charge on any atom is 0.195 e. The molecule has 0 saturated carbocycles. The molecule has 1 aromatic carbocycles. The summed E-state index contributed by atoms with van der Waals surface area (Å²) in [4.78, 5) is 4.43. The number of benzene rings is 1. The van der Waals surface area contributed by atoms with E-state index in [2.05, 4.69) is 22.6 Å². The van der Waals surface area contributed by atoms with Crippen LogP contribution in [-0.4, -0.2) is 23.5 Å². The summed E-state index contributed by atoms with van der Waals surface area (Å²) in [5, 5.41) is 3.40. The number of nitrogens with one attached hydrogen (secondary N) is 1. The summed E-state index contributed by atoms with van der Waals surface area (Å²) in [7, 11) is 0. The molecule has 92 valence electrons. The minimum Gasteiger partial charge on any atom is -0.441 e. The van der Waals surface area contributed by atoms with E-state index in [1.165, 1.54) is 12.2 Å². The van der Waals surface area contributed by atoms with Gasteiger partial charge in [0.05, 0.1) is 0 Å². The highest BCUT2D eigenvalue weighted by Gasteiger charge is 2.04. The fourth-order valence-corrected chi connectivity index (χ4v) is 2.12. The Kier molecular flexibility index (Phi) is 4.31. The molecule has 0 atom stereocenters. The van der Waals surface area contributed by atoms with Gasteiger partial charge in [-0.1, -0.05) is 6.92 Å². The van der Waals surface area contributed by atoms with E-state index in [0.29, 0.717) is 0 Å². The molecule has 0 radical (unpaired) electrons. The van der Waals surface area contributed by atoms with Gasteiger partial charge in [0, 0.05) is 18.7 Å². The minimum absolute atomic E-state index is 0.805. The number of anilines is 1. The first-order chi connectivity index (χ1) is 8.33. The Hall–Kier alpha value is -1.16. The van der Waals surface area contributed by atoms with Crippen molar-refractivity contribution in [2.45, 2.75) is 19.8 Å². The molecule has 0 unspecified atom stereocenters. The maximum atomic E-state index is 5.57. The van der Waals surface area contributed by atoms with Crippen LogP contribution in [0.25, 0.3) is 11.1 Å². The molecule has 3 nitrogen and oxygen atoms in total. The van der Waals surface area contributed by atoms with Crippen molar-refractivity contribution < 1.29 is 4.42 Å². The smallest absolute Gasteiger partial charge is 0.195 e. The molecule has 0 amide bonds. The third-order valence-corrected chi connectivity index (χ3v) is 3.29. The van der Waals surface area contributed by atoms with Crippen molar-refractivity contribution >= 4 is 28.5 Å². The molecule has 4 heteroatoms. The van der Waals surface area contributed by atoms with Crippen LogP contribution in [0.4, 0.5) is 5.69 Å². The monoisotopic (exact) mass is 250 g/mol. The van der Waals surface area contributed by atoms with Crippen LogP contribution >= 0.6 is 11.8 Å². The Morgan fingerprint density at radius 2 is 2.29 bits per heavy atom. The molecule has 1 aromatic heterocycles. The lowest BCUT2D eigenvalue weighted by molar-refractivity contribution is 0.538. The van der Waals surface area contributed by atoms with Crippen LogP contribution in [0.1, 0.15) is 19.2 Å². The van der Waals surface area contributed by atoms with E-state index in [1.54, 1.807) is 0 Å². The van der Waals surface area contributed by atoms with Gasteiger partial charge in [-0.2, -0.15) is 11.8 Å². The van der Waals surface area contributed by atoms with Gasteiger partial charge in [-0.05, 0) is 36.6 Å². The van der Waals surface area contributed by atoms with Gasteiger partial charge < -0.3 is 9.73 Å². The molecule has 0 aliphatic carbocycles. The first kappa shape index (κ1) is 12.3. The number of aromatic nitrogens is 1. The van der Waals surface area contributed by atoms with Gasteiger partial charge in [0.2, 0.25) is 0 Å². The number of nitrogens with zero attached hydrogens (tertiary/aromatic N) is 1. The number of fused-ring (bicyclic) bond motifs is 1. The summed E-state index contributed by atoms with van der Waals surface area (Å²) >= 11 is 1.88. The van der Waals surface area contributed by atoms with Crippen LogP contribution in [0.5, 0.6) is 0 Å². The molecular formula is C13H18N2OS. The SMILES string of the molecule is CCc1nc2cc(NCCCSC)ccc2o1. The van der Waals surface area contributed by atoms with E-state index in [9.17, 15) is 0 Å². The van der Waals surface area contributed by atoms with Crippen LogP contribution in [0.2, 0.25) is 0 Å². The first-order valence-corrected chi connectivity index (χ1v) is 7.35. The molecule has 1 heterocycles. The van der Waals surface area contributed by atoms with E-state index in [-0.39, 0.29) is 0 Å². The molecule has 0 saturated heterocycles. The van der Waals surface area contributed by atoms with Crippen LogP contribution in [0.15, 0.2) is 22.6 Å². The zero-order valence-electron chi connectivity index (χ0n) is 10.3. The van der Waals surface area contributed by atoms with Crippen LogP contribution in [0, 0.1) is 0 Å². The highest BCUT2D eigenvalue weighted by molar-refractivity contribution is 7.98. The van der Waals surface area contributed by atoms with Crippen molar-refractivity contribution in [3.05, 3.63) is 24.1 Å². The fourth-order valence-electron chi connectivity index (χ4n) is 1.69. The van der Waals surface area contributed by atoms with E-state index in [4.69, 9.17) is 4.42 Å². The van der Waals surface area contributed by atoms with Gasteiger partial charge in [0.15, 0.2) is 11.5 Å². The third-order valence-electron chi connectivity index (χ3n) is 2.59. The molecule has 0 aliphatic heterocycles. The lowest BCUT2D eigenvalue weighted by Crippen LogP contribution is -2.02. The lowest BCUT2D eigenvalue weighted by Gasteiger charge is -2.04. The van der Waals surface area contributed by atoms with Crippen LogP contribution in [0.3, 0.4) is 0 Å². The normalized spacial score (nSPS) is 10.9. The van der Waals surface area contributed by atoms with Gasteiger partial charge in [0.25, 0.3) is 0 Å². The Bertz CT molecular complexity index is 481. The van der Waals surface area contributed by atoms with Crippen LogP contribution in [-0.2, 0) is 6.42 Å². The minimum atomic E-state index is 0.805. The Labute approximate surface area is 106 Å². The summed E-state index contributed by atoms with van der Waals surface area (Å²) < 4.78 is 5.57. The van der Waals surface area contributed by atoms with Crippen molar-refractivity contribution in [3.63, 3.8) is 0 Å². The zero-order chi connectivity index (χ0) is 12.1. The van der Waals surface area contributed by atoms with Gasteiger partial charge in [-0.3, -0.25) is 0 Å². The molecule has 0 fully saturated rings. The average molecular weight is 250 g/mol. The molecular weight excluding hydrogens is 232 g/mol. The second-order valence-electron chi connectivity index (χ2n) is 3.92. The fraction of sp³-hybridized carbons (Fsp3) is 0.462. The Morgan fingerprint density at radius 1 is 1.41 bits per heavy atom. The molecule has 0 aliphatic rings. The highest BCUT2D eigenvalue weighted by atomic mass is 32.2. The summed E-state index contributed by atoms with van der Waals surface area (Å²) in [6.45, 7) is 3.05. The summed E-state index contributed by atoms with van der Waals surface area (Å²) in [5.74, 6) is 2.00. The Balaban J connectivity index is 2.03. The van der Waals surface area contributed by atoms with E-state index < -0.39 is 0 Å². The molecule has 17 heavy (non-hydrogen) atoms. The largest absolute Gasteiger partial charge is 0.441 e. The van der Waals surface area contributed by atoms with Crippen molar-refractivity contribution in [2.24, 2.45) is 0 Å². The maximum absolute atomic E-state index is 5.57. The number of hydrogen-bond donors (Lipinski definition) is 1. The average Bonchev–Trinajstić information content (AvgIpc) is 2.77. The summed E-state index contributed by atoms with van der Waals surface area (Å²) in [6.07, 6.45) is 4.15. The predicted octanol–water partition coefficient (Wildman–Crippen LogP) is 3.56. The molecule has 0 spiro atoms. The number of aryl methyl sites for hydroxylation is 1. The number of rotatable bonds is 6. The highest BCUT2D eigenvalue weighted by Crippen LogP contribution is 2.20. The molecule has 2 aromatic rings. The number of thioether (sulfide) groups is 1. The number of oxazole rings is 1. The quantitative estimate of drug-likeness (QED) is 0.796. The molecule has 2 rings (SSSR count). The zero-order valence-corrected chi connectivity index (χ0v) is 11.1. The van der Waals surface area contributed by atoms with Crippen molar-refractivity contribution in [1.82, 2.24) is 4.98 Å². The second kappa shape index (κ2) is 5.96. The van der Waals surface area contributed by atoms with E-state index >= 15 is 0 Å². The van der Waals surface area contributed by atoms with E-state index in [0.717, 1.165) is 35.6 Å². The van der Waals surface area contributed by atoms with Gasteiger partial charge >= 0.3 is 0 Å². The topological polar surface area (TPSA) is 38.1 Å². The van der Waals surface area contributed by atoms with E-state index in [1.807, 2.05) is 30.8 Å². The van der Waals surface area contributed by atoms with Gasteiger partial charge in [-0.15, -0.1) is 0 Å². The lowest BCUT2D eigenvalue weighted by atomic mass is 10.3.